The number of hydrogen-bond acceptors (Lipinski definition) is 3. The fraction of sp³-hybridized carbons (Fsp3) is 1.00. The van der Waals surface area contributed by atoms with Crippen LogP contribution in [-0.2, 0) is 0 Å². The zero-order valence-corrected chi connectivity index (χ0v) is 9.26. The van der Waals surface area contributed by atoms with Gasteiger partial charge >= 0.3 is 0 Å². The van der Waals surface area contributed by atoms with Crippen LogP contribution in [0.3, 0.4) is 0 Å². The molecule has 0 N–H and O–H groups in total. The molecule has 0 saturated heterocycles. The Labute approximate surface area is 80.5 Å². The molecule has 0 aliphatic carbocycles. The highest BCUT2D eigenvalue weighted by molar-refractivity contribution is 7.97. The Morgan fingerprint density at radius 2 is 1.73 bits per heavy atom. The van der Waals surface area contributed by atoms with E-state index in [9.17, 15) is 0 Å². The fourth-order valence-corrected chi connectivity index (χ4v) is 2.12. The molecule has 0 aromatic rings. The molecule has 0 aromatic carbocycles. The van der Waals surface area contributed by atoms with Crippen LogP contribution in [0, 0.1) is 0 Å². The van der Waals surface area contributed by atoms with Crippen LogP contribution in [0.15, 0.2) is 0 Å². The molecule has 0 unspecified atom stereocenters. The van der Waals surface area contributed by atoms with Gasteiger partial charge in [-0.2, -0.15) is 12.6 Å². The van der Waals surface area contributed by atoms with Crippen LogP contribution < -0.4 is 0 Å². The van der Waals surface area contributed by atoms with Crippen LogP contribution in [0.1, 0.15) is 26.7 Å². The minimum atomic E-state index is 0.981. The lowest BCUT2D eigenvalue weighted by molar-refractivity contribution is 0.468. The Morgan fingerprint density at radius 3 is 2.09 bits per heavy atom. The summed E-state index contributed by atoms with van der Waals surface area (Å²) < 4.78 is 2.44. The summed E-state index contributed by atoms with van der Waals surface area (Å²) in [7, 11) is 0. The van der Waals surface area contributed by atoms with E-state index in [0.29, 0.717) is 0 Å². The molecule has 0 fully saturated rings. The van der Waals surface area contributed by atoms with Gasteiger partial charge in [0.15, 0.2) is 0 Å². The van der Waals surface area contributed by atoms with Crippen LogP contribution in [0.5, 0.6) is 0 Å². The predicted molar refractivity (Wildman–Crippen MR) is 58.5 cm³/mol. The van der Waals surface area contributed by atoms with Crippen LogP contribution in [0.2, 0.25) is 0 Å². The highest BCUT2D eigenvalue weighted by atomic mass is 32.2. The molecule has 1 nitrogen and oxygen atoms in total. The van der Waals surface area contributed by atoms with Crippen molar-refractivity contribution in [2.75, 3.05) is 24.6 Å². The van der Waals surface area contributed by atoms with Gasteiger partial charge in [-0.05, 0) is 12.8 Å². The molecule has 0 rings (SSSR count). The van der Waals surface area contributed by atoms with Gasteiger partial charge in [-0.25, -0.2) is 0 Å². The van der Waals surface area contributed by atoms with Crippen molar-refractivity contribution in [3.05, 3.63) is 0 Å². The number of rotatable bonds is 7. The third-order valence-corrected chi connectivity index (χ3v) is 2.95. The Morgan fingerprint density at radius 1 is 1.18 bits per heavy atom. The minimum absolute atomic E-state index is 0.981. The molecule has 0 spiro atoms. The second-order valence-corrected chi connectivity index (χ2v) is 4.12. The van der Waals surface area contributed by atoms with Gasteiger partial charge in [-0.1, -0.05) is 25.8 Å². The minimum Gasteiger partial charge on any atom is -0.251 e. The van der Waals surface area contributed by atoms with E-state index in [1.54, 1.807) is 0 Å². The topological polar surface area (TPSA) is 3.24 Å². The summed E-state index contributed by atoms with van der Waals surface area (Å²) in [5.74, 6) is 2.12. The summed E-state index contributed by atoms with van der Waals surface area (Å²) in [6.07, 6.45) is 2.50. The third-order valence-electron chi connectivity index (χ3n) is 1.31. The van der Waals surface area contributed by atoms with Crippen molar-refractivity contribution >= 4 is 24.6 Å². The van der Waals surface area contributed by atoms with E-state index in [-0.39, 0.29) is 0 Å². The lowest BCUT2D eigenvalue weighted by atomic mass is 10.4. The van der Waals surface area contributed by atoms with Gasteiger partial charge in [0.1, 0.15) is 0 Å². The molecule has 0 saturated carbocycles. The quantitative estimate of drug-likeness (QED) is 0.489. The van der Waals surface area contributed by atoms with Crippen LogP contribution >= 0.6 is 24.6 Å². The molecular formula is C8H19NS2. The van der Waals surface area contributed by atoms with Gasteiger partial charge in [-0.3, -0.25) is 4.31 Å². The average Bonchev–Trinajstić information content (AvgIpc) is 2.01. The van der Waals surface area contributed by atoms with Crippen molar-refractivity contribution < 1.29 is 0 Å². The summed E-state index contributed by atoms with van der Waals surface area (Å²) >= 11 is 6.11. The van der Waals surface area contributed by atoms with Gasteiger partial charge in [0.05, 0.1) is 0 Å². The molecule has 11 heavy (non-hydrogen) atoms. The molecule has 0 aromatic heterocycles. The van der Waals surface area contributed by atoms with Crippen LogP contribution in [0.4, 0.5) is 0 Å². The van der Waals surface area contributed by atoms with E-state index in [2.05, 4.69) is 30.8 Å². The van der Waals surface area contributed by atoms with Crippen molar-refractivity contribution in [3.63, 3.8) is 0 Å². The number of thiol groups is 1. The van der Waals surface area contributed by atoms with E-state index in [1.165, 1.54) is 25.9 Å². The van der Waals surface area contributed by atoms with Gasteiger partial charge in [0.2, 0.25) is 0 Å². The maximum atomic E-state index is 4.18. The number of hydrogen-bond donors (Lipinski definition) is 1. The first-order valence-corrected chi connectivity index (χ1v) is 5.91. The number of nitrogens with zero attached hydrogens (tertiary/aromatic N) is 1. The predicted octanol–water partition coefficient (Wildman–Crippen LogP) is 2.69. The van der Waals surface area contributed by atoms with E-state index < -0.39 is 0 Å². The summed E-state index contributed by atoms with van der Waals surface area (Å²) in [5.41, 5.74) is 0. The first-order chi connectivity index (χ1) is 5.35. The van der Waals surface area contributed by atoms with Gasteiger partial charge < -0.3 is 0 Å². The Bertz CT molecular complexity index is 72.5. The summed E-state index contributed by atoms with van der Waals surface area (Å²) in [5, 5.41) is 0. The zero-order chi connectivity index (χ0) is 8.53. The Hall–Kier alpha value is 0.660. The van der Waals surface area contributed by atoms with Crippen molar-refractivity contribution in [2.24, 2.45) is 0 Å². The van der Waals surface area contributed by atoms with Crippen LogP contribution in [-0.4, -0.2) is 28.9 Å². The first-order valence-electron chi connectivity index (χ1n) is 4.33. The summed E-state index contributed by atoms with van der Waals surface area (Å²) in [6, 6.07) is 0. The molecule has 0 bridgehead atoms. The van der Waals surface area contributed by atoms with Crippen molar-refractivity contribution in [2.45, 2.75) is 26.7 Å². The van der Waals surface area contributed by atoms with Crippen molar-refractivity contribution in [3.8, 4) is 0 Å². The highest BCUT2D eigenvalue weighted by Gasteiger charge is 2.00. The molecule has 68 valence electrons. The van der Waals surface area contributed by atoms with Crippen LogP contribution in [0.25, 0.3) is 0 Å². The molecular weight excluding hydrogens is 174 g/mol. The first kappa shape index (κ1) is 11.7. The molecule has 0 radical (unpaired) electrons. The van der Waals surface area contributed by atoms with Gasteiger partial charge in [0.25, 0.3) is 0 Å². The molecule has 3 heteroatoms. The molecule has 0 aliphatic heterocycles. The lowest BCUT2D eigenvalue weighted by Gasteiger charge is -2.18. The maximum Gasteiger partial charge on any atom is 0.0169 e. The standard InChI is InChI=1S/C8H19NS2/c1-3-5-9(6-4-2)11-8-7-10/h10H,3-8H2,1-2H3. The monoisotopic (exact) mass is 193 g/mol. The molecule has 0 amide bonds. The molecule has 0 atom stereocenters. The Balaban J connectivity index is 3.34. The Kier molecular flexibility index (Phi) is 9.28. The van der Waals surface area contributed by atoms with E-state index in [0.717, 1.165) is 11.5 Å². The second kappa shape index (κ2) is 8.75. The molecule has 0 heterocycles. The summed E-state index contributed by atoms with van der Waals surface area (Å²) in [4.78, 5) is 0. The smallest absolute Gasteiger partial charge is 0.0169 e. The van der Waals surface area contributed by atoms with E-state index >= 15 is 0 Å². The normalized spacial score (nSPS) is 10.9. The van der Waals surface area contributed by atoms with E-state index in [1.807, 2.05) is 11.9 Å². The van der Waals surface area contributed by atoms with E-state index in [4.69, 9.17) is 0 Å². The second-order valence-electron chi connectivity index (χ2n) is 2.49. The lowest BCUT2D eigenvalue weighted by Crippen LogP contribution is -2.18. The fourth-order valence-electron chi connectivity index (χ4n) is 0.910. The average molecular weight is 193 g/mol. The highest BCUT2D eigenvalue weighted by Crippen LogP contribution is 2.10. The van der Waals surface area contributed by atoms with Gasteiger partial charge in [0, 0.05) is 24.6 Å². The van der Waals surface area contributed by atoms with Crippen molar-refractivity contribution in [1.29, 1.82) is 0 Å². The summed E-state index contributed by atoms with van der Waals surface area (Å²) in [6.45, 7) is 6.88. The largest absolute Gasteiger partial charge is 0.251 e. The molecule has 0 aliphatic rings. The zero-order valence-electron chi connectivity index (χ0n) is 7.55. The van der Waals surface area contributed by atoms with Gasteiger partial charge in [-0.15, -0.1) is 0 Å². The maximum absolute atomic E-state index is 4.18. The SMILES string of the molecule is CCCN(CCC)SCCS. The van der Waals surface area contributed by atoms with Crippen molar-refractivity contribution in [1.82, 2.24) is 4.31 Å². The third kappa shape index (κ3) is 7.04.